The number of aromatic nitrogens is 1. The third kappa shape index (κ3) is 4.46. The zero-order valence-electron chi connectivity index (χ0n) is 13.4. The summed E-state index contributed by atoms with van der Waals surface area (Å²) in [5.74, 6) is -1.22. The van der Waals surface area contributed by atoms with Gasteiger partial charge in [-0.1, -0.05) is 20.8 Å². The van der Waals surface area contributed by atoms with E-state index in [0.717, 1.165) is 31.6 Å². The molecule has 1 saturated heterocycles. The number of hydrogen-bond acceptors (Lipinski definition) is 4. The van der Waals surface area contributed by atoms with E-state index in [1.165, 1.54) is 6.07 Å². The van der Waals surface area contributed by atoms with Crippen molar-refractivity contribution >= 4 is 12.0 Å². The van der Waals surface area contributed by atoms with Crippen LogP contribution in [0.2, 0.25) is 0 Å². The monoisotopic (exact) mass is 307 g/mol. The van der Waals surface area contributed by atoms with Crippen LogP contribution < -0.4 is 11.3 Å². The molecule has 6 heteroatoms. The lowest BCUT2D eigenvalue weighted by Crippen LogP contribution is -2.26. The molecule has 6 nitrogen and oxygen atoms in total. The number of rotatable bonds is 4. The second-order valence-electron chi connectivity index (χ2n) is 4.95. The number of likely N-dealkylation sites (tertiary alicyclic amines) is 1. The number of aromatic carboxylic acids is 1. The minimum atomic E-state index is -1.22. The lowest BCUT2D eigenvalue weighted by atomic mass is 10.2. The molecule has 122 valence electrons. The van der Waals surface area contributed by atoms with Crippen molar-refractivity contribution in [1.82, 2.24) is 9.88 Å². The number of H-pyrrole nitrogens is 1. The third-order valence-electron chi connectivity index (χ3n) is 3.48. The number of carboxylic acids is 1. The van der Waals surface area contributed by atoms with E-state index in [0.29, 0.717) is 5.69 Å². The van der Waals surface area contributed by atoms with Crippen LogP contribution >= 0.6 is 0 Å². The Labute approximate surface area is 130 Å². The van der Waals surface area contributed by atoms with E-state index in [2.05, 4.69) is 9.88 Å². The van der Waals surface area contributed by atoms with Crippen molar-refractivity contribution in [3.63, 3.8) is 0 Å². The number of nitrogens with zero attached hydrogens (tertiary/aromatic N) is 1. The normalized spacial score (nSPS) is 17.9. The van der Waals surface area contributed by atoms with Gasteiger partial charge in [0.25, 0.3) is 5.56 Å². The molecule has 0 amide bonds. The topological polar surface area (TPSA) is 99.4 Å². The smallest absolute Gasteiger partial charge is 0.341 e. The van der Waals surface area contributed by atoms with Gasteiger partial charge >= 0.3 is 5.97 Å². The maximum atomic E-state index is 11.6. The molecule has 1 aliphatic heterocycles. The van der Waals surface area contributed by atoms with Crippen molar-refractivity contribution in [1.29, 1.82) is 0 Å². The predicted octanol–water partition coefficient (Wildman–Crippen LogP) is 1.88. The average molecular weight is 307 g/mol. The van der Waals surface area contributed by atoms with E-state index in [-0.39, 0.29) is 11.6 Å². The van der Waals surface area contributed by atoms with Crippen molar-refractivity contribution in [2.45, 2.75) is 39.7 Å². The Hall–Kier alpha value is -2.08. The summed E-state index contributed by atoms with van der Waals surface area (Å²) in [6.45, 7) is 7.77. The van der Waals surface area contributed by atoms with Gasteiger partial charge < -0.3 is 20.7 Å². The molecule has 1 aromatic heterocycles. The molecule has 0 aromatic carbocycles. The van der Waals surface area contributed by atoms with Gasteiger partial charge in [0, 0.05) is 30.5 Å². The molecule has 1 aromatic rings. The van der Waals surface area contributed by atoms with Crippen LogP contribution in [0.5, 0.6) is 0 Å². The molecule has 4 N–H and O–H groups in total. The lowest BCUT2D eigenvalue weighted by Gasteiger charge is -2.21. The van der Waals surface area contributed by atoms with Crippen LogP contribution in [-0.4, -0.2) is 40.1 Å². The van der Waals surface area contributed by atoms with Crippen LogP contribution in [-0.2, 0) is 0 Å². The van der Waals surface area contributed by atoms with Crippen LogP contribution in [0.15, 0.2) is 22.6 Å². The molecule has 2 heterocycles. The maximum absolute atomic E-state index is 11.6. The number of aromatic amines is 1. The van der Waals surface area contributed by atoms with Crippen LogP contribution in [0, 0.1) is 0 Å². The summed E-state index contributed by atoms with van der Waals surface area (Å²) in [5, 5.41) is 8.83. The molecule has 0 saturated carbocycles. The van der Waals surface area contributed by atoms with Crippen molar-refractivity contribution in [2.24, 2.45) is 5.73 Å². The summed E-state index contributed by atoms with van der Waals surface area (Å²) in [6.07, 6.45) is 3.67. The third-order valence-corrected chi connectivity index (χ3v) is 3.48. The van der Waals surface area contributed by atoms with Gasteiger partial charge in [-0.05, 0) is 31.1 Å². The molecule has 1 unspecified atom stereocenters. The summed E-state index contributed by atoms with van der Waals surface area (Å²) in [7, 11) is 0. The zero-order valence-corrected chi connectivity index (χ0v) is 13.4. The number of carbonyl (C=O) groups is 1. The molecule has 1 atom stereocenters. The SMILES string of the molecule is CC.CC/C(=C\c1ccc(C(=O)O)c(=O)[nH]1)N1CCC(N)C1. The highest BCUT2D eigenvalue weighted by molar-refractivity contribution is 5.87. The largest absolute Gasteiger partial charge is 0.477 e. The fraction of sp³-hybridized carbons (Fsp3) is 0.500. The molecule has 0 bridgehead atoms. The van der Waals surface area contributed by atoms with Crippen molar-refractivity contribution in [2.75, 3.05) is 13.1 Å². The fourth-order valence-corrected chi connectivity index (χ4v) is 2.39. The van der Waals surface area contributed by atoms with Gasteiger partial charge in [0.15, 0.2) is 0 Å². The maximum Gasteiger partial charge on any atom is 0.341 e. The average Bonchev–Trinajstić information content (AvgIpc) is 2.93. The van der Waals surface area contributed by atoms with E-state index < -0.39 is 11.5 Å². The Morgan fingerprint density at radius 3 is 2.64 bits per heavy atom. The minimum absolute atomic E-state index is 0.193. The molecule has 22 heavy (non-hydrogen) atoms. The van der Waals surface area contributed by atoms with Gasteiger partial charge in [-0.2, -0.15) is 0 Å². The van der Waals surface area contributed by atoms with Crippen LogP contribution in [0.1, 0.15) is 49.7 Å². The Balaban J connectivity index is 0.00000116. The highest BCUT2D eigenvalue weighted by atomic mass is 16.4. The quantitative estimate of drug-likeness (QED) is 0.788. The molecular weight excluding hydrogens is 282 g/mol. The minimum Gasteiger partial charge on any atom is -0.477 e. The van der Waals surface area contributed by atoms with E-state index in [1.807, 2.05) is 26.8 Å². The Morgan fingerprint density at radius 1 is 1.50 bits per heavy atom. The first kappa shape index (κ1) is 18.0. The molecule has 1 fully saturated rings. The number of hydrogen-bond donors (Lipinski definition) is 3. The summed E-state index contributed by atoms with van der Waals surface area (Å²) in [5.41, 5.74) is 6.77. The van der Waals surface area contributed by atoms with Crippen molar-refractivity contribution in [3.05, 3.63) is 39.4 Å². The number of nitrogens with two attached hydrogens (primary N) is 1. The Kier molecular flexibility index (Phi) is 6.85. The van der Waals surface area contributed by atoms with E-state index in [1.54, 1.807) is 6.07 Å². The van der Waals surface area contributed by atoms with E-state index >= 15 is 0 Å². The number of nitrogens with one attached hydrogen (secondary N) is 1. The highest BCUT2D eigenvalue weighted by Gasteiger charge is 2.20. The highest BCUT2D eigenvalue weighted by Crippen LogP contribution is 2.18. The summed E-state index contributed by atoms with van der Waals surface area (Å²) in [6, 6.07) is 3.13. The molecular formula is C16H25N3O3. The van der Waals surface area contributed by atoms with E-state index in [4.69, 9.17) is 10.8 Å². The molecule has 0 radical (unpaired) electrons. The van der Waals surface area contributed by atoms with Gasteiger partial charge in [0.05, 0.1) is 0 Å². The standard InChI is InChI=1S/C14H19N3O3.C2H6/c1-2-11(17-6-5-9(15)8-17)7-10-3-4-12(14(19)20)13(18)16-10;1-2/h3-4,7,9H,2,5-6,8,15H2,1H3,(H,16,18)(H,19,20);1-2H3/b11-7+;. The van der Waals surface area contributed by atoms with Gasteiger partial charge in [-0.25, -0.2) is 4.79 Å². The van der Waals surface area contributed by atoms with Gasteiger partial charge in [0.1, 0.15) is 5.56 Å². The number of allylic oxidation sites excluding steroid dienone is 1. The van der Waals surface area contributed by atoms with Gasteiger partial charge in [-0.3, -0.25) is 4.79 Å². The Bertz CT molecular complexity index is 593. The summed E-state index contributed by atoms with van der Waals surface area (Å²) < 4.78 is 0. The number of carboxylic acid groups (broad SMARTS) is 1. The number of pyridine rings is 1. The first-order valence-electron chi connectivity index (χ1n) is 7.69. The fourth-order valence-electron chi connectivity index (χ4n) is 2.39. The second-order valence-corrected chi connectivity index (χ2v) is 4.95. The van der Waals surface area contributed by atoms with Crippen LogP contribution in [0.3, 0.4) is 0 Å². The van der Waals surface area contributed by atoms with Crippen molar-refractivity contribution < 1.29 is 9.90 Å². The van der Waals surface area contributed by atoms with Crippen molar-refractivity contribution in [3.8, 4) is 0 Å². The predicted molar refractivity (Wildman–Crippen MR) is 87.8 cm³/mol. The molecule has 2 rings (SSSR count). The first-order valence-corrected chi connectivity index (χ1v) is 7.69. The zero-order chi connectivity index (χ0) is 16.7. The van der Waals surface area contributed by atoms with Gasteiger partial charge in [0.2, 0.25) is 0 Å². The molecule has 0 spiro atoms. The Morgan fingerprint density at radius 2 is 2.18 bits per heavy atom. The van der Waals surface area contributed by atoms with Crippen LogP contribution in [0.4, 0.5) is 0 Å². The molecule has 1 aliphatic rings. The first-order chi connectivity index (χ1) is 10.5. The van der Waals surface area contributed by atoms with Gasteiger partial charge in [-0.15, -0.1) is 0 Å². The lowest BCUT2D eigenvalue weighted by molar-refractivity contribution is 0.0695. The molecule has 0 aliphatic carbocycles. The van der Waals surface area contributed by atoms with Crippen LogP contribution in [0.25, 0.3) is 6.08 Å². The summed E-state index contributed by atoms with van der Waals surface area (Å²) >= 11 is 0. The summed E-state index contributed by atoms with van der Waals surface area (Å²) in [4.78, 5) is 27.2. The van der Waals surface area contributed by atoms with E-state index in [9.17, 15) is 9.59 Å². The second kappa shape index (κ2) is 8.38.